The number of nitrogens with one attached hydrogen (secondary N) is 1. The topological polar surface area (TPSA) is 58.9 Å². The summed E-state index contributed by atoms with van der Waals surface area (Å²) in [5.41, 5.74) is 10.8. The second kappa shape index (κ2) is 3.95. The lowest BCUT2D eigenvalue weighted by molar-refractivity contribution is 0.298. The molecule has 106 valence electrons. The maximum Gasteiger partial charge on any atom is 0.248 e. The Hall–Kier alpha value is -1.61. The molecule has 0 aliphatic heterocycles. The van der Waals surface area contributed by atoms with E-state index in [9.17, 15) is 4.79 Å². The predicted octanol–water partition coefficient (Wildman–Crippen LogP) is 2.73. The minimum Gasteiger partial charge on any atom is -0.325 e. The van der Waals surface area contributed by atoms with Gasteiger partial charge in [-0.15, -0.1) is 0 Å². The van der Waals surface area contributed by atoms with Gasteiger partial charge in [-0.25, -0.2) is 0 Å². The van der Waals surface area contributed by atoms with Crippen molar-refractivity contribution in [2.75, 3.05) is 0 Å². The van der Waals surface area contributed by atoms with Crippen molar-refractivity contribution < 1.29 is 0 Å². The van der Waals surface area contributed by atoms with Gasteiger partial charge < -0.3 is 10.7 Å². The van der Waals surface area contributed by atoms with Crippen molar-refractivity contribution in [3.05, 3.63) is 57.0 Å². The van der Waals surface area contributed by atoms with Gasteiger partial charge in [-0.05, 0) is 37.5 Å². The zero-order valence-electron chi connectivity index (χ0n) is 12.6. The molecule has 2 aliphatic rings. The number of nitrogens with two attached hydrogens (primary N) is 1. The van der Waals surface area contributed by atoms with E-state index < -0.39 is 5.54 Å². The summed E-state index contributed by atoms with van der Waals surface area (Å²) in [5, 5.41) is 0. The van der Waals surface area contributed by atoms with E-state index in [0.717, 1.165) is 17.7 Å². The first kappa shape index (κ1) is 13.4. The Morgan fingerprint density at radius 2 is 2.10 bits per heavy atom. The third kappa shape index (κ3) is 1.53. The molecule has 0 saturated heterocycles. The Morgan fingerprint density at radius 1 is 1.40 bits per heavy atom. The van der Waals surface area contributed by atoms with Crippen LogP contribution in [0.2, 0.25) is 0 Å². The maximum atomic E-state index is 11.7. The second-order valence-electron chi connectivity index (χ2n) is 6.72. The van der Waals surface area contributed by atoms with Gasteiger partial charge in [0, 0.05) is 23.1 Å². The SMILES string of the molecule is C/C=C1\C2C=C(C)C[C@@]1(N)c1ccc(=O)[nH]c1C2(C)C. The maximum absolute atomic E-state index is 11.7. The van der Waals surface area contributed by atoms with Crippen LogP contribution in [0, 0.1) is 5.92 Å². The Morgan fingerprint density at radius 3 is 2.75 bits per heavy atom. The number of aromatic amines is 1. The molecule has 3 rings (SSSR count). The van der Waals surface area contributed by atoms with Crippen LogP contribution < -0.4 is 11.3 Å². The van der Waals surface area contributed by atoms with Crippen LogP contribution in [0.4, 0.5) is 0 Å². The largest absolute Gasteiger partial charge is 0.325 e. The molecule has 0 amide bonds. The van der Waals surface area contributed by atoms with E-state index in [1.165, 1.54) is 11.1 Å². The van der Waals surface area contributed by atoms with Crippen molar-refractivity contribution in [1.82, 2.24) is 4.98 Å². The average molecular weight is 270 g/mol. The number of allylic oxidation sites excluding steroid dienone is 2. The zero-order valence-corrected chi connectivity index (χ0v) is 12.6. The van der Waals surface area contributed by atoms with Crippen molar-refractivity contribution >= 4 is 0 Å². The standard InChI is InChI=1S/C17H22N2O/c1-5-11-13-8-10(2)9-17(11,18)12-6-7-14(20)19-15(12)16(13,3)4/h5-8,13H,9,18H2,1-4H3,(H,19,20)/b11-5+/t13?,17-/m0/s1. The van der Waals surface area contributed by atoms with E-state index in [1.54, 1.807) is 6.07 Å². The fourth-order valence-corrected chi connectivity index (χ4v) is 4.05. The molecular weight excluding hydrogens is 248 g/mol. The van der Waals surface area contributed by atoms with Crippen molar-refractivity contribution in [2.45, 2.75) is 45.1 Å². The predicted molar refractivity (Wildman–Crippen MR) is 81.6 cm³/mol. The first-order valence-electron chi connectivity index (χ1n) is 7.18. The van der Waals surface area contributed by atoms with Gasteiger partial charge in [0.25, 0.3) is 0 Å². The molecular formula is C17H22N2O. The number of H-pyrrole nitrogens is 1. The molecule has 20 heavy (non-hydrogen) atoms. The van der Waals surface area contributed by atoms with Crippen molar-refractivity contribution in [3.8, 4) is 0 Å². The minimum absolute atomic E-state index is 0.0527. The quantitative estimate of drug-likeness (QED) is 0.712. The molecule has 2 atom stereocenters. The number of fused-ring (bicyclic) bond motifs is 4. The Kier molecular flexibility index (Phi) is 2.64. The molecule has 0 fully saturated rings. The van der Waals surface area contributed by atoms with Gasteiger partial charge in [0.05, 0.1) is 5.54 Å². The van der Waals surface area contributed by atoms with Gasteiger partial charge >= 0.3 is 0 Å². The summed E-state index contributed by atoms with van der Waals surface area (Å²) in [6.07, 6.45) is 5.29. The number of pyridine rings is 1. The molecule has 0 saturated carbocycles. The summed E-state index contributed by atoms with van der Waals surface area (Å²) in [7, 11) is 0. The van der Waals surface area contributed by atoms with E-state index in [4.69, 9.17) is 5.73 Å². The van der Waals surface area contributed by atoms with E-state index in [2.05, 4.69) is 44.8 Å². The van der Waals surface area contributed by atoms with Crippen LogP contribution in [0.25, 0.3) is 0 Å². The van der Waals surface area contributed by atoms with Gasteiger partial charge in [-0.1, -0.05) is 31.6 Å². The summed E-state index contributed by atoms with van der Waals surface area (Å²) < 4.78 is 0. The van der Waals surface area contributed by atoms with Gasteiger partial charge in [-0.2, -0.15) is 0 Å². The normalized spacial score (nSPS) is 32.8. The van der Waals surface area contributed by atoms with E-state index in [0.29, 0.717) is 0 Å². The fourth-order valence-electron chi connectivity index (χ4n) is 4.05. The second-order valence-corrected chi connectivity index (χ2v) is 6.72. The number of hydrogen-bond donors (Lipinski definition) is 2. The van der Waals surface area contributed by atoms with Crippen LogP contribution in [0.3, 0.4) is 0 Å². The zero-order chi connectivity index (χ0) is 14.7. The monoisotopic (exact) mass is 270 g/mol. The highest BCUT2D eigenvalue weighted by atomic mass is 16.1. The minimum atomic E-state index is -0.479. The van der Waals surface area contributed by atoms with Crippen LogP contribution >= 0.6 is 0 Å². The Bertz CT molecular complexity index is 693. The van der Waals surface area contributed by atoms with Crippen molar-refractivity contribution in [3.63, 3.8) is 0 Å². The van der Waals surface area contributed by atoms with Crippen LogP contribution in [0.1, 0.15) is 45.4 Å². The van der Waals surface area contributed by atoms with E-state index in [1.807, 2.05) is 6.07 Å². The average Bonchev–Trinajstić information content (AvgIpc) is 2.36. The third-order valence-corrected chi connectivity index (χ3v) is 4.99. The molecule has 1 heterocycles. The third-order valence-electron chi connectivity index (χ3n) is 4.99. The molecule has 1 aromatic heterocycles. The van der Waals surface area contributed by atoms with Crippen LogP contribution in [-0.2, 0) is 11.0 Å². The molecule has 2 bridgehead atoms. The van der Waals surface area contributed by atoms with Crippen LogP contribution in [0.5, 0.6) is 0 Å². The molecule has 2 aliphatic carbocycles. The Labute approximate surface area is 119 Å². The molecule has 3 heteroatoms. The highest BCUT2D eigenvalue weighted by molar-refractivity contribution is 5.53. The van der Waals surface area contributed by atoms with Crippen LogP contribution in [-0.4, -0.2) is 4.98 Å². The lowest BCUT2D eigenvalue weighted by Gasteiger charge is -2.52. The molecule has 0 radical (unpaired) electrons. The van der Waals surface area contributed by atoms with E-state index >= 15 is 0 Å². The first-order chi connectivity index (χ1) is 9.30. The van der Waals surface area contributed by atoms with Gasteiger partial charge in [-0.3, -0.25) is 4.79 Å². The van der Waals surface area contributed by atoms with Crippen molar-refractivity contribution in [1.29, 1.82) is 0 Å². The fraction of sp³-hybridized carbons (Fsp3) is 0.471. The van der Waals surface area contributed by atoms with Gasteiger partial charge in [0.15, 0.2) is 0 Å². The molecule has 3 nitrogen and oxygen atoms in total. The van der Waals surface area contributed by atoms with Crippen molar-refractivity contribution in [2.24, 2.45) is 11.7 Å². The van der Waals surface area contributed by atoms with Crippen LogP contribution in [0.15, 0.2) is 40.2 Å². The van der Waals surface area contributed by atoms with Gasteiger partial charge in [0.2, 0.25) is 5.56 Å². The summed E-state index contributed by atoms with van der Waals surface area (Å²) in [4.78, 5) is 14.8. The summed E-state index contributed by atoms with van der Waals surface area (Å²) >= 11 is 0. The molecule has 1 aromatic rings. The lowest BCUT2D eigenvalue weighted by Crippen LogP contribution is -2.54. The molecule has 1 unspecified atom stereocenters. The summed E-state index contributed by atoms with van der Waals surface area (Å²) in [6, 6.07) is 3.50. The molecule has 0 aromatic carbocycles. The summed E-state index contributed by atoms with van der Waals surface area (Å²) in [6.45, 7) is 8.58. The lowest BCUT2D eigenvalue weighted by atomic mass is 9.55. The smallest absolute Gasteiger partial charge is 0.248 e. The number of rotatable bonds is 0. The number of aromatic nitrogens is 1. The molecule has 0 spiro atoms. The highest BCUT2D eigenvalue weighted by Crippen LogP contribution is 2.54. The first-order valence-corrected chi connectivity index (χ1v) is 7.18. The Balaban J connectivity index is 2.41. The van der Waals surface area contributed by atoms with E-state index in [-0.39, 0.29) is 16.9 Å². The number of hydrogen-bond acceptors (Lipinski definition) is 2. The van der Waals surface area contributed by atoms with Gasteiger partial charge in [0.1, 0.15) is 0 Å². The highest BCUT2D eigenvalue weighted by Gasteiger charge is 2.51. The summed E-state index contributed by atoms with van der Waals surface area (Å²) in [5.74, 6) is 0.247. The molecule has 3 N–H and O–H groups in total.